The van der Waals surface area contributed by atoms with Crippen LogP contribution in [-0.4, -0.2) is 33.6 Å². The molecule has 2 aromatic heterocycles. The van der Waals surface area contributed by atoms with Gasteiger partial charge in [-0.25, -0.2) is 9.78 Å². The number of carbonyl (C=O) groups is 2. The molecule has 2 rings (SSSR count). The molecule has 1 unspecified atom stereocenters. The second-order valence-corrected chi connectivity index (χ2v) is 4.92. The van der Waals surface area contributed by atoms with Gasteiger partial charge in [-0.3, -0.25) is 9.59 Å². The Labute approximate surface area is 117 Å². The number of aromatic amines is 1. The van der Waals surface area contributed by atoms with E-state index in [1.165, 1.54) is 0 Å². The van der Waals surface area contributed by atoms with Crippen LogP contribution in [0.1, 0.15) is 35.9 Å². The highest BCUT2D eigenvalue weighted by molar-refractivity contribution is 7.16. The number of nitrogens with zero attached hydrogens (tertiary/aromatic N) is 1. The van der Waals surface area contributed by atoms with Gasteiger partial charge in [-0.2, -0.15) is 0 Å². The number of aromatic nitrogens is 2. The fourth-order valence-electron chi connectivity index (χ4n) is 1.78. The molecule has 0 aliphatic carbocycles. The zero-order chi connectivity index (χ0) is 14.9. The maximum absolute atomic E-state index is 12.0. The van der Waals surface area contributed by atoms with Crippen molar-refractivity contribution in [3.8, 4) is 0 Å². The number of carbonyl (C=O) groups excluding carboxylic acids is 1. The molecule has 0 aliphatic rings. The predicted octanol–water partition coefficient (Wildman–Crippen LogP) is 1.35. The summed E-state index contributed by atoms with van der Waals surface area (Å²) in [5.41, 5.74) is -0.0751. The smallest absolute Gasteiger partial charge is 0.372 e. The number of carboxylic acid groups (broad SMARTS) is 1. The SMILES string of the molecule is CCOC(=O)C(C)c1csc2nc(C(=O)O)[nH]c(=O)c12. The van der Waals surface area contributed by atoms with Gasteiger partial charge in [0.15, 0.2) is 0 Å². The number of thiophene rings is 1. The molecule has 8 heteroatoms. The summed E-state index contributed by atoms with van der Waals surface area (Å²) in [4.78, 5) is 40.9. The highest BCUT2D eigenvalue weighted by atomic mass is 32.1. The lowest BCUT2D eigenvalue weighted by molar-refractivity contribution is -0.144. The van der Waals surface area contributed by atoms with Gasteiger partial charge in [0, 0.05) is 0 Å². The highest BCUT2D eigenvalue weighted by Crippen LogP contribution is 2.28. The molecule has 0 aromatic carbocycles. The summed E-state index contributed by atoms with van der Waals surface area (Å²) in [6, 6.07) is 0. The molecule has 2 heterocycles. The van der Waals surface area contributed by atoms with Crippen LogP contribution >= 0.6 is 11.3 Å². The molecule has 0 bridgehead atoms. The molecule has 2 aromatic rings. The van der Waals surface area contributed by atoms with Crippen molar-refractivity contribution in [1.29, 1.82) is 0 Å². The monoisotopic (exact) mass is 296 g/mol. The van der Waals surface area contributed by atoms with Crippen molar-refractivity contribution in [1.82, 2.24) is 9.97 Å². The third-order valence-electron chi connectivity index (χ3n) is 2.78. The van der Waals surface area contributed by atoms with Crippen LogP contribution in [0, 0.1) is 0 Å². The topological polar surface area (TPSA) is 109 Å². The standard InChI is InChI=1S/C12H12N2O5S/c1-3-19-12(18)5(2)6-4-20-10-7(6)9(15)13-8(14-10)11(16)17/h4-5H,3H2,1-2H3,(H,16,17)(H,13,14,15). The van der Waals surface area contributed by atoms with Crippen LogP contribution in [-0.2, 0) is 9.53 Å². The van der Waals surface area contributed by atoms with Crippen molar-refractivity contribution < 1.29 is 19.4 Å². The van der Waals surface area contributed by atoms with Crippen LogP contribution in [0.2, 0.25) is 0 Å². The van der Waals surface area contributed by atoms with Crippen molar-refractivity contribution in [2.75, 3.05) is 6.61 Å². The van der Waals surface area contributed by atoms with E-state index in [0.29, 0.717) is 5.56 Å². The van der Waals surface area contributed by atoms with Crippen molar-refractivity contribution >= 4 is 33.5 Å². The van der Waals surface area contributed by atoms with E-state index in [0.717, 1.165) is 11.3 Å². The fourth-order valence-corrected chi connectivity index (χ4v) is 2.82. The van der Waals surface area contributed by atoms with Crippen molar-refractivity contribution in [3.05, 3.63) is 27.1 Å². The van der Waals surface area contributed by atoms with Crippen LogP contribution < -0.4 is 5.56 Å². The number of H-pyrrole nitrogens is 1. The van der Waals surface area contributed by atoms with Crippen LogP contribution in [0.15, 0.2) is 10.2 Å². The molecule has 2 N–H and O–H groups in total. The maximum atomic E-state index is 12.0. The molecule has 0 amide bonds. The van der Waals surface area contributed by atoms with Gasteiger partial charge in [0.2, 0.25) is 5.82 Å². The van der Waals surface area contributed by atoms with Gasteiger partial charge in [0.1, 0.15) is 4.83 Å². The Kier molecular flexibility index (Phi) is 3.84. The first-order chi connectivity index (χ1) is 9.45. The zero-order valence-electron chi connectivity index (χ0n) is 10.8. The lowest BCUT2D eigenvalue weighted by Crippen LogP contribution is -2.18. The van der Waals surface area contributed by atoms with Crippen LogP contribution in [0.4, 0.5) is 0 Å². The minimum absolute atomic E-state index is 0.237. The van der Waals surface area contributed by atoms with Gasteiger partial charge in [-0.15, -0.1) is 11.3 Å². The highest BCUT2D eigenvalue weighted by Gasteiger charge is 2.23. The Morgan fingerprint density at radius 3 is 2.85 bits per heavy atom. The summed E-state index contributed by atoms with van der Waals surface area (Å²) in [5, 5.41) is 10.7. The first-order valence-electron chi connectivity index (χ1n) is 5.87. The molecule has 7 nitrogen and oxygen atoms in total. The summed E-state index contributed by atoms with van der Waals surface area (Å²) in [6.07, 6.45) is 0. The van der Waals surface area contributed by atoms with Crippen LogP contribution in [0.25, 0.3) is 10.2 Å². The molecule has 0 fully saturated rings. The zero-order valence-corrected chi connectivity index (χ0v) is 11.6. The van der Waals surface area contributed by atoms with E-state index < -0.39 is 29.2 Å². The number of aromatic carboxylic acids is 1. The number of hydrogen-bond acceptors (Lipinski definition) is 6. The second kappa shape index (κ2) is 5.41. The number of esters is 1. The maximum Gasteiger partial charge on any atom is 0.372 e. The Morgan fingerprint density at radius 2 is 2.25 bits per heavy atom. The number of fused-ring (bicyclic) bond motifs is 1. The van der Waals surface area contributed by atoms with E-state index in [9.17, 15) is 14.4 Å². The van der Waals surface area contributed by atoms with E-state index in [2.05, 4.69) is 9.97 Å². The van der Waals surface area contributed by atoms with E-state index in [1.807, 2.05) is 0 Å². The Morgan fingerprint density at radius 1 is 1.55 bits per heavy atom. The average Bonchev–Trinajstić information content (AvgIpc) is 2.82. The van der Waals surface area contributed by atoms with Gasteiger partial charge < -0.3 is 14.8 Å². The number of hydrogen-bond donors (Lipinski definition) is 2. The molecule has 0 spiro atoms. The Balaban J connectivity index is 2.55. The number of ether oxygens (including phenoxy) is 1. The number of nitrogens with one attached hydrogen (secondary N) is 1. The van der Waals surface area contributed by atoms with Crippen LogP contribution in [0.5, 0.6) is 0 Å². The second-order valence-electron chi connectivity index (χ2n) is 4.06. The summed E-state index contributed by atoms with van der Waals surface area (Å²) >= 11 is 1.12. The average molecular weight is 296 g/mol. The molecule has 0 saturated carbocycles. The summed E-state index contributed by atoms with van der Waals surface area (Å²) in [6.45, 7) is 3.58. The van der Waals surface area contributed by atoms with E-state index in [4.69, 9.17) is 9.84 Å². The predicted molar refractivity (Wildman–Crippen MR) is 72.2 cm³/mol. The van der Waals surface area contributed by atoms with Gasteiger partial charge >= 0.3 is 11.9 Å². The molecular weight excluding hydrogens is 284 g/mol. The summed E-state index contributed by atoms with van der Waals surface area (Å²) in [5.74, 6) is -2.77. The third-order valence-corrected chi connectivity index (χ3v) is 3.67. The molecule has 0 aliphatic heterocycles. The van der Waals surface area contributed by atoms with Crippen LogP contribution in [0.3, 0.4) is 0 Å². The van der Waals surface area contributed by atoms with Gasteiger partial charge in [-0.05, 0) is 24.8 Å². The number of rotatable bonds is 4. The lowest BCUT2D eigenvalue weighted by atomic mass is 10.0. The Bertz CT molecular complexity index is 733. The molecule has 20 heavy (non-hydrogen) atoms. The van der Waals surface area contributed by atoms with E-state index in [-0.39, 0.29) is 16.8 Å². The molecule has 0 radical (unpaired) electrons. The summed E-state index contributed by atoms with van der Waals surface area (Å²) < 4.78 is 4.92. The first-order valence-corrected chi connectivity index (χ1v) is 6.75. The van der Waals surface area contributed by atoms with Crippen molar-refractivity contribution in [2.24, 2.45) is 0 Å². The normalized spacial score (nSPS) is 12.3. The molecule has 1 atom stereocenters. The fraction of sp³-hybridized carbons (Fsp3) is 0.333. The van der Waals surface area contributed by atoms with Crippen molar-refractivity contribution in [2.45, 2.75) is 19.8 Å². The Hall–Kier alpha value is -2.22. The minimum Gasteiger partial charge on any atom is -0.475 e. The van der Waals surface area contributed by atoms with Gasteiger partial charge in [0.25, 0.3) is 5.56 Å². The van der Waals surface area contributed by atoms with E-state index in [1.54, 1.807) is 19.2 Å². The number of carboxylic acids is 1. The lowest BCUT2D eigenvalue weighted by Gasteiger charge is -2.09. The van der Waals surface area contributed by atoms with Gasteiger partial charge in [-0.1, -0.05) is 0 Å². The minimum atomic E-state index is -1.31. The molecule has 106 valence electrons. The first kappa shape index (κ1) is 14.2. The van der Waals surface area contributed by atoms with Crippen molar-refractivity contribution in [3.63, 3.8) is 0 Å². The van der Waals surface area contributed by atoms with E-state index >= 15 is 0 Å². The van der Waals surface area contributed by atoms with Gasteiger partial charge in [0.05, 0.1) is 17.9 Å². The largest absolute Gasteiger partial charge is 0.475 e. The quantitative estimate of drug-likeness (QED) is 0.824. The molecule has 0 saturated heterocycles. The molecular formula is C12H12N2O5S. The summed E-state index contributed by atoms with van der Waals surface area (Å²) in [7, 11) is 0. The third kappa shape index (κ3) is 2.42.